The summed E-state index contributed by atoms with van der Waals surface area (Å²) >= 11 is 6.01. The fraction of sp³-hybridized carbons (Fsp3) is 0.438. The topological polar surface area (TPSA) is 29.9 Å². The summed E-state index contributed by atoms with van der Waals surface area (Å²) in [5.74, 6) is -0.209. The second-order valence-corrected chi connectivity index (χ2v) is 5.67. The molecule has 1 unspecified atom stereocenters. The molecule has 0 aliphatic heterocycles. The lowest BCUT2D eigenvalue weighted by atomic mass is 9.99. The predicted molar refractivity (Wildman–Crippen MR) is 84.0 cm³/mol. The molecule has 1 heterocycles. The number of nitrogens with zero attached hydrogens (tertiary/aromatic N) is 2. The minimum Gasteiger partial charge on any atom is -0.310 e. The quantitative estimate of drug-likeness (QED) is 0.841. The third-order valence-corrected chi connectivity index (χ3v) is 3.69. The van der Waals surface area contributed by atoms with Crippen LogP contribution in [0.3, 0.4) is 0 Å². The van der Waals surface area contributed by atoms with Gasteiger partial charge in [0.15, 0.2) is 0 Å². The summed E-state index contributed by atoms with van der Waals surface area (Å²) in [5, 5.41) is 8.13. The highest BCUT2D eigenvalue weighted by Gasteiger charge is 2.16. The van der Waals surface area contributed by atoms with Crippen molar-refractivity contribution in [3.05, 3.63) is 52.6 Å². The number of aryl methyl sites for hydroxylation is 2. The molecule has 3 nitrogen and oxygen atoms in total. The van der Waals surface area contributed by atoms with Gasteiger partial charge in [-0.25, -0.2) is 4.39 Å². The molecule has 0 spiro atoms. The molecular weight excluding hydrogens is 289 g/mol. The van der Waals surface area contributed by atoms with Crippen molar-refractivity contribution >= 4 is 11.6 Å². The van der Waals surface area contributed by atoms with E-state index in [1.54, 1.807) is 16.8 Å². The molecule has 0 saturated heterocycles. The summed E-state index contributed by atoms with van der Waals surface area (Å²) < 4.78 is 15.8. The number of hydrogen-bond acceptors (Lipinski definition) is 2. The predicted octanol–water partition coefficient (Wildman–Crippen LogP) is 3.89. The van der Waals surface area contributed by atoms with Gasteiger partial charge in [-0.05, 0) is 49.6 Å². The molecule has 0 amide bonds. The Hall–Kier alpha value is -1.39. The summed E-state index contributed by atoms with van der Waals surface area (Å²) in [6.07, 6.45) is 6.51. The maximum atomic E-state index is 14.1. The third-order valence-electron chi connectivity index (χ3n) is 3.45. The Balaban J connectivity index is 2.11. The zero-order valence-electron chi connectivity index (χ0n) is 12.4. The van der Waals surface area contributed by atoms with Crippen molar-refractivity contribution in [2.45, 2.75) is 32.2 Å². The van der Waals surface area contributed by atoms with Gasteiger partial charge in [-0.1, -0.05) is 18.5 Å². The van der Waals surface area contributed by atoms with Crippen LogP contribution in [0.1, 0.15) is 36.9 Å². The molecule has 0 radical (unpaired) electrons. The van der Waals surface area contributed by atoms with E-state index in [2.05, 4.69) is 17.3 Å². The van der Waals surface area contributed by atoms with Crippen molar-refractivity contribution in [1.82, 2.24) is 15.1 Å². The Labute approximate surface area is 130 Å². The average Bonchev–Trinajstić information content (AvgIpc) is 2.88. The fourth-order valence-electron chi connectivity index (χ4n) is 2.38. The van der Waals surface area contributed by atoms with Gasteiger partial charge in [0.2, 0.25) is 0 Å². The van der Waals surface area contributed by atoms with Crippen LogP contribution in [-0.2, 0) is 13.5 Å². The van der Waals surface area contributed by atoms with Gasteiger partial charge in [0.1, 0.15) is 5.82 Å². The van der Waals surface area contributed by atoms with Crippen molar-refractivity contribution in [2.75, 3.05) is 6.54 Å². The number of hydrogen-bond donors (Lipinski definition) is 1. The van der Waals surface area contributed by atoms with E-state index >= 15 is 0 Å². The van der Waals surface area contributed by atoms with E-state index in [-0.39, 0.29) is 11.9 Å². The SMILES string of the molecule is CCCNC(CCc1cnn(C)c1)c1cc(Cl)ccc1F. The minimum absolute atomic E-state index is 0.0381. The van der Waals surface area contributed by atoms with Gasteiger partial charge in [0, 0.05) is 29.9 Å². The van der Waals surface area contributed by atoms with Gasteiger partial charge in [-0.3, -0.25) is 4.68 Å². The molecule has 0 aliphatic rings. The Kier molecular flexibility index (Phi) is 5.76. The number of nitrogens with one attached hydrogen (secondary N) is 1. The molecule has 1 atom stereocenters. The van der Waals surface area contributed by atoms with Crippen molar-refractivity contribution in [1.29, 1.82) is 0 Å². The van der Waals surface area contributed by atoms with E-state index in [4.69, 9.17) is 11.6 Å². The van der Waals surface area contributed by atoms with Gasteiger partial charge in [-0.2, -0.15) is 5.10 Å². The van der Waals surface area contributed by atoms with Crippen LogP contribution in [0, 0.1) is 5.82 Å². The van der Waals surface area contributed by atoms with Crippen LogP contribution in [0.4, 0.5) is 4.39 Å². The molecule has 0 saturated carbocycles. The Bertz CT molecular complexity index is 583. The number of halogens is 2. The van der Waals surface area contributed by atoms with Gasteiger partial charge < -0.3 is 5.32 Å². The van der Waals surface area contributed by atoms with Crippen LogP contribution in [0.25, 0.3) is 0 Å². The number of benzene rings is 1. The van der Waals surface area contributed by atoms with Crippen LogP contribution in [0.15, 0.2) is 30.6 Å². The zero-order valence-corrected chi connectivity index (χ0v) is 13.2. The molecule has 1 aromatic carbocycles. The summed E-state index contributed by atoms with van der Waals surface area (Å²) in [6.45, 7) is 2.95. The third kappa shape index (κ3) is 4.55. The molecule has 1 N–H and O–H groups in total. The Morgan fingerprint density at radius 2 is 2.24 bits per heavy atom. The lowest BCUT2D eigenvalue weighted by Crippen LogP contribution is -2.23. The summed E-state index contributed by atoms with van der Waals surface area (Å²) in [6, 6.07) is 4.69. The second-order valence-electron chi connectivity index (χ2n) is 5.23. The normalized spacial score (nSPS) is 12.6. The molecule has 114 valence electrons. The van der Waals surface area contributed by atoms with Crippen molar-refractivity contribution in [3.8, 4) is 0 Å². The van der Waals surface area contributed by atoms with Crippen LogP contribution < -0.4 is 5.32 Å². The highest BCUT2D eigenvalue weighted by atomic mass is 35.5. The first-order valence-electron chi connectivity index (χ1n) is 7.26. The van der Waals surface area contributed by atoms with Gasteiger partial charge in [-0.15, -0.1) is 0 Å². The van der Waals surface area contributed by atoms with Crippen molar-refractivity contribution in [2.24, 2.45) is 7.05 Å². The van der Waals surface area contributed by atoms with E-state index < -0.39 is 0 Å². The summed E-state index contributed by atoms with van der Waals surface area (Å²) in [7, 11) is 1.90. The number of aromatic nitrogens is 2. The molecule has 1 aromatic heterocycles. The smallest absolute Gasteiger partial charge is 0.128 e. The molecule has 2 rings (SSSR count). The molecule has 2 aromatic rings. The minimum atomic E-state index is -0.209. The number of rotatable bonds is 7. The maximum absolute atomic E-state index is 14.1. The molecule has 0 aliphatic carbocycles. The van der Waals surface area contributed by atoms with Crippen molar-refractivity contribution < 1.29 is 4.39 Å². The van der Waals surface area contributed by atoms with Gasteiger partial charge >= 0.3 is 0 Å². The first kappa shape index (κ1) is 16.0. The van der Waals surface area contributed by atoms with E-state index in [0.29, 0.717) is 10.6 Å². The van der Waals surface area contributed by atoms with Crippen LogP contribution in [0.2, 0.25) is 5.02 Å². The van der Waals surface area contributed by atoms with E-state index in [1.807, 2.05) is 19.4 Å². The second kappa shape index (κ2) is 7.57. The molecular formula is C16H21ClFN3. The standard InChI is InChI=1S/C16H21ClFN3/c1-3-8-19-16(7-4-12-10-20-21(2)11-12)14-9-13(17)5-6-15(14)18/h5-6,9-11,16,19H,3-4,7-8H2,1-2H3. The molecule has 5 heteroatoms. The molecule has 0 fully saturated rings. The highest BCUT2D eigenvalue weighted by molar-refractivity contribution is 6.30. The van der Waals surface area contributed by atoms with Gasteiger partial charge in [0.25, 0.3) is 0 Å². The molecule has 21 heavy (non-hydrogen) atoms. The highest BCUT2D eigenvalue weighted by Crippen LogP contribution is 2.25. The lowest BCUT2D eigenvalue weighted by molar-refractivity contribution is 0.473. The summed E-state index contributed by atoms with van der Waals surface area (Å²) in [5.41, 5.74) is 1.79. The fourth-order valence-corrected chi connectivity index (χ4v) is 2.56. The molecule has 0 bridgehead atoms. The van der Waals surface area contributed by atoms with E-state index in [0.717, 1.165) is 31.4 Å². The summed E-state index contributed by atoms with van der Waals surface area (Å²) in [4.78, 5) is 0. The van der Waals surface area contributed by atoms with Gasteiger partial charge in [0.05, 0.1) is 6.20 Å². The maximum Gasteiger partial charge on any atom is 0.128 e. The Morgan fingerprint density at radius 1 is 1.43 bits per heavy atom. The van der Waals surface area contributed by atoms with E-state index in [9.17, 15) is 4.39 Å². The van der Waals surface area contributed by atoms with Crippen molar-refractivity contribution in [3.63, 3.8) is 0 Å². The van der Waals surface area contributed by atoms with Crippen LogP contribution >= 0.6 is 11.6 Å². The van der Waals surface area contributed by atoms with Crippen LogP contribution in [-0.4, -0.2) is 16.3 Å². The lowest BCUT2D eigenvalue weighted by Gasteiger charge is -2.19. The largest absolute Gasteiger partial charge is 0.310 e. The average molecular weight is 310 g/mol. The first-order chi connectivity index (χ1) is 10.1. The van der Waals surface area contributed by atoms with Crippen LogP contribution in [0.5, 0.6) is 0 Å². The monoisotopic (exact) mass is 309 g/mol. The Morgan fingerprint density at radius 3 is 2.90 bits per heavy atom. The van der Waals surface area contributed by atoms with E-state index in [1.165, 1.54) is 6.07 Å². The zero-order chi connectivity index (χ0) is 15.2. The first-order valence-corrected chi connectivity index (χ1v) is 7.63.